The van der Waals surface area contributed by atoms with Crippen LogP contribution in [0.4, 0.5) is 0 Å². The van der Waals surface area contributed by atoms with Gasteiger partial charge in [0.05, 0.1) is 6.04 Å². The van der Waals surface area contributed by atoms with E-state index in [1.807, 2.05) is 47.2 Å². The van der Waals surface area contributed by atoms with Crippen molar-refractivity contribution in [2.45, 2.75) is 26.3 Å². The Morgan fingerprint density at radius 3 is 2.60 bits per heavy atom. The molecule has 0 saturated heterocycles. The average Bonchev–Trinajstić information content (AvgIpc) is 3.11. The zero-order valence-corrected chi connectivity index (χ0v) is 15.3. The Kier molecular flexibility index (Phi) is 7.41. The van der Waals surface area contributed by atoms with E-state index in [1.54, 1.807) is 17.4 Å². The van der Waals surface area contributed by atoms with Crippen molar-refractivity contribution in [1.29, 1.82) is 0 Å². The lowest BCUT2D eigenvalue weighted by Gasteiger charge is -2.21. The first-order valence-corrected chi connectivity index (χ1v) is 9.20. The van der Waals surface area contributed by atoms with Crippen molar-refractivity contribution >= 4 is 29.3 Å². The van der Waals surface area contributed by atoms with E-state index in [9.17, 15) is 9.59 Å². The molecule has 1 aromatic carbocycles. The van der Waals surface area contributed by atoms with Crippen LogP contribution < -0.4 is 5.32 Å². The number of thiophene rings is 1. The summed E-state index contributed by atoms with van der Waals surface area (Å²) >= 11 is 1.55. The largest absolute Gasteiger partial charge is 0.452 e. The molecule has 0 spiro atoms. The van der Waals surface area contributed by atoms with E-state index < -0.39 is 5.97 Å². The fourth-order valence-electron chi connectivity index (χ4n) is 2.39. The molecule has 2 rings (SSSR count). The number of rotatable bonds is 8. The van der Waals surface area contributed by atoms with E-state index in [4.69, 9.17) is 4.74 Å². The van der Waals surface area contributed by atoms with Crippen LogP contribution in [0.15, 0.2) is 53.2 Å². The van der Waals surface area contributed by atoms with E-state index in [-0.39, 0.29) is 18.6 Å². The Morgan fingerprint density at radius 2 is 1.96 bits per heavy atom. The lowest BCUT2D eigenvalue weighted by Crippen LogP contribution is -2.33. The monoisotopic (exact) mass is 357 g/mol. The molecule has 0 bridgehead atoms. The number of carbonyl (C=O) groups excluding carboxylic acids is 2. The summed E-state index contributed by atoms with van der Waals surface area (Å²) in [6.45, 7) is 3.93. The van der Waals surface area contributed by atoms with Crippen LogP contribution in [0.3, 0.4) is 0 Å². The standard InChI is InChI=1S/C20H23NO3S/c1-15(2)12-18(17-6-4-3-5-7-17)21-19(22)13-24-20(23)9-8-16-10-11-25-14-16/h3-11,14-15,18H,12-13H2,1-2H3,(H,21,22)/b9-8+/t18-/m0/s1. The van der Waals surface area contributed by atoms with Gasteiger partial charge in [0, 0.05) is 6.08 Å². The third-order valence-corrected chi connectivity index (χ3v) is 4.25. The van der Waals surface area contributed by atoms with Crippen LogP contribution in [0.25, 0.3) is 6.08 Å². The molecule has 25 heavy (non-hydrogen) atoms. The van der Waals surface area contributed by atoms with Crippen molar-refractivity contribution in [3.63, 3.8) is 0 Å². The van der Waals surface area contributed by atoms with Gasteiger partial charge in [-0.3, -0.25) is 4.79 Å². The number of esters is 1. The van der Waals surface area contributed by atoms with Crippen LogP contribution in [-0.4, -0.2) is 18.5 Å². The first kappa shape index (κ1) is 18.9. The van der Waals surface area contributed by atoms with Crippen molar-refractivity contribution < 1.29 is 14.3 Å². The molecule has 1 atom stereocenters. The molecule has 4 nitrogen and oxygen atoms in total. The smallest absolute Gasteiger partial charge is 0.331 e. The molecule has 132 valence electrons. The van der Waals surface area contributed by atoms with E-state index in [0.717, 1.165) is 17.5 Å². The molecule has 0 fully saturated rings. The van der Waals surface area contributed by atoms with Crippen LogP contribution in [-0.2, 0) is 14.3 Å². The third kappa shape index (κ3) is 6.93. The minimum absolute atomic E-state index is 0.0891. The van der Waals surface area contributed by atoms with Crippen molar-refractivity contribution in [2.75, 3.05) is 6.61 Å². The predicted molar refractivity (Wildman–Crippen MR) is 101 cm³/mol. The summed E-state index contributed by atoms with van der Waals surface area (Å²) in [6.07, 6.45) is 3.82. The lowest BCUT2D eigenvalue weighted by molar-refractivity contribution is -0.144. The van der Waals surface area contributed by atoms with Crippen LogP contribution in [0.1, 0.15) is 37.4 Å². The zero-order valence-electron chi connectivity index (χ0n) is 14.5. The summed E-state index contributed by atoms with van der Waals surface area (Å²) in [4.78, 5) is 23.8. The van der Waals surface area contributed by atoms with E-state index in [1.165, 1.54) is 6.08 Å². The SMILES string of the molecule is CC(C)C[C@H](NC(=O)COC(=O)/C=C/c1ccsc1)c1ccccc1. The minimum Gasteiger partial charge on any atom is -0.452 e. The Labute approximate surface area is 152 Å². The van der Waals surface area contributed by atoms with Gasteiger partial charge in [-0.05, 0) is 46.4 Å². The number of nitrogens with one attached hydrogen (secondary N) is 1. The summed E-state index contributed by atoms with van der Waals surface area (Å²) in [5, 5.41) is 6.80. The molecule has 1 aromatic heterocycles. The molecule has 0 aliphatic heterocycles. The van der Waals surface area contributed by atoms with E-state index >= 15 is 0 Å². The average molecular weight is 357 g/mol. The van der Waals surface area contributed by atoms with Gasteiger partial charge >= 0.3 is 5.97 Å². The van der Waals surface area contributed by atoms with Crippen LogP contribution >= 0.6 is 11.3 Å². The second kappa shape index (κ2) is 9.79. The summed E-state index contributed by atoms with van der Waals surface area (Å²) in [6, 6.07) is 11.6. The Hall–Kier alpha value is -2.40. The second-order valence-corrected chi connectivity index (χ2v) is 6.94. The molecule has 0 radical (unpaired) electrons. The highest BCUT2D eigenvalue weighted by Gasteiger charge is 2.16. The number of benzene rings is 1. The normalized spacial score (nSPS) is 12.3. The maximum Gasteiger partial charge on any atom is 0.331 e. The molecule has 0 saturated carbocycles. The Morgan fingerprint density at radius 1 is 1.20 bits per heavy atom. The van der Waals surface area contributed by atoms with Gasteiger partial charge < -0.3 is 10.1 Å². The van der Waals surface area contributed by atoms with E-state index in [2.05, 4.69) is 19.2 Å². The van der Waals surface area contributed by atoms with Gasteiger partial charge in [0.2, 0.25) is 0 Å². The quantitative estimate of drug-likeness (QED) is 0.569. The zero-order chi connectivity index (χ0) is 18.1. The summed E-state index contributed by atoms with van der Waals surface area (Å²) in [7, 11) is 0. The Balaban J connectivity index is 1.85. The third-order valence-electron chi connectivity index (χ3n) is 3.54. The maximum absolute atomic E-state index is 12.1. The number of amides is 1. The fourth-order valence-corrected chi connectivity index (χ4v) is 3.02. The maximum atomic E-state index is 12.1. The topological polar surface area (TPSA) is 55.4 Å². The number of carbonyl (C=O) groups is 2. The molecule has 0 aliphatic rings. The molecule has 1 heterocycles. The summed E-state index contributed by atoms with van der Waals surface area (Å²) in [5.74, 6) is -0.394. The van der Waals surface area contributed by atoms with Gasteiger partial charge in [0.15, 0.2) is 6.61 Å². The van der Waals surface area contributed by atoms with Gasteiger partial charge in [-0.2, -0.15) is 11.3 Å². The van der Waals surface area contributed by atoms with Crippen molar-refractivity contribution in [2.24, 2.45) is 5.92 Å². The Bertz CT molecular complexity index is 693. The highest BCUT2D eigenvalue weighted by Crippen LogP contribution is 2.20. The highest BCUT2D eigenvalue weighted by molar-refractivity contribution is 7.08. The number of hydrogen-bond donors (Lipinski definition) is 1. The highest BCUT2D eigenvalue weighted by atomic mass is 32.1. The van der Waals surface area contributed by atoms with Crippen molar-refractivity contribution in [3.05, 3.63) is 64.4 Å². The van der Waals surface area contributed by atoms with Crippen LogP contribution in [0, 0.1) is 5.92 Å². The first-order valence-electron chi connectivity index (χ1n) is 8.26. The van der Waals surface area contributed by atoms with Gasteiger partial charge in [0.1, 0.15) is 0 Å². The second-order valence-electron chi connectivity index (χ2n) is 6.16. The first-order chi connectivity index (χ1) is 12.0. The van der Waals surface area contributed by atoms with Gasteiger partial charge in [-0.25, -0.2) is 4.79 Å². The lowest BCUT2D eigenvalue weighted by atomic mass is 9.97. The van der Waals surface area contributed by atoms with Crippen LogP contribution in [0.2, 0.25) is 0 Å². The molecular formula is C20H23NO3S. The van der Waals surface area contributed by atoms with Crippen molar-refractivity contribution in [3.8, 4) is 0 Å². The molecule has 0 aliphatic carbocycles. The van der Waals surface area contributed by atoms with Crippen LogP contribution in [0.5, 0.6) is 0 Å². The molecule has 5 heteroatoms. The summed E-state index contributed by atoms with van der Waals surface area (Å²) < 4.78 is 5.01. The predicted octanol–water partition coefficient (Wildman–Crippen LogP) is 4.21. The molecule has 2 aromatic rings. The molecule has 1 amide bonds. The molecule has 0 unspecified atom stereocenters. The minimum atomic E-state index is -0.526. The van der Waals surface area contributed by atoms with Gasteiger partial charge in [-0.15, -0.1) is 0 Å². The van der Waals surface area contributed by atoms with E-state index in [0.29, 0.717) is 5.92 Å². The molecule has 1 N–H and O–H groups in total. The van der Waals surface area contributed by atoms with Gasteiger partial charge in [0.25, 0.3) is 5.91 Å². The van der Waals surface area contributed by atoms with Gasteiger partial charge in [-0.1, -0.05) is 44.2 Å². The fraction of sp³-hybridized carbons (Fsp3) is 0.300. The molecular weight excluding hydrogens is 334 g/mol. The summed E-state index contributed by atoms with van der Waals surface area (Å²) in [5.41, 5.74) is 1.99. The van der Waals surface area contributed by atoms with Crippen molar-refractivity contribution in [1.82, 2.24) is 5.32 Å². The number of hydrogen-bond acceptors (Lipinski definition) is 4. The number of ether oxygens (including phenoxy) is 1.